The number of methoxy groups -OCH3 is 3. The molecule has 1 aliphatic rings. The monoisotopic (exact) mass is 379 g/mol. The number of hydrogen-bond acceptors (Lipinski definition) is 5. The molecule has 0 spiro atoms. The van der Waals surface area contributed by atoms with Crippen molar-refractivity contribution in [3.05, 3.63) is 17.7 Å². The summed E-state index contributed by atoms with van der Waals surface area (Å²) in [6, 6.07) is 4.37. The van der Waals surface area contributed by atoms with Crippen LogP contribution >= 0.6 is 0 Å². The third-order valence-corrected chi connectivity index (χ3v) is 5.20. The number of likely N-dealkylation sites (tertiary alicyclic amines) is 1. The largest absolute Gasteiger partial charge is 0.493 e. The van der Waals surface area contributed by atoms with Crippen molar-refractivity contribution >= 4 is 6.03 Å². The van der Waals surface area contributed by atoms with E-state index in [1.807, 2.05) is 6.07 Å². The highest BCUT2D eigenvalue weighted by Crippen LogP contribution is 2.39. The molecule has 2 rings (SSSR count). The first-order chi connectivity index (χ1) is 13.0. The van der Waals surface area contributed by atoms with E-state index in [-0.39, 0.29) is 6.03 Å². The number of hydrogen-bond donors (Lipinski definition) is 2. The number of ether oxygens (including phenoxy) is 3. The van der Waals surface area contributed by atoms with Gasteiger partial charge in [0, 0.05) is 30.7 Å². The number of amides is 2. The highest BCUT2D eigenvalue weighted by molar-refractivity contribution is 5.74. The van der Waals surface area contributed by atoms with Gasteiger partial charge in [-0.3, -0.25) is 4.90 Å². The second-order valence-corrected chi connectivity index (χ2v) is 6.99. The van der Waals surface area contributed by atoms with Crippen LogP contribution < -0.4 is 24.8 Å². The van der Waals surface area contributed by atoms with Crippen molar-refractivity contribution in [3.8, 4) is 17.2 Å². The zero-order valence-electron chi connectivity index (χ0n) is 17.1. The zero-order valence-corrected chi connectivity index (χ0v) is 17.1. The van der Waals surface area contributed by atoms with Crippen LogP contribution in [0.4, 0.5) is 4.79 Å². The molecule has 1 aromatic carbocycles. The number of piperidine rings is 1. The molecule has 1 aliphatic heterocycles. The lowest BCUT2D eigenvalue weighted by molar-refractivity contribution is 0.114. The molecule has 7 heteroatoms. The molecule has 0 bridgehead atoms. The first kappa shape index (κ1) is 21.2. The van der Waals surface area contributed by atoms with E-state index in [0.717, 1.165) is 12.1 Å². The molecule has 1 saturated heterocycles. The van der Waals surface area contributed by atoms with Crippen LogP contribution in [-0.4, -0.2) is 57.4 Å². The van der Waals surface area contributed by atoms with Crippen LogP contribution in [0.5, 0.6) is 17.2 Å². The smallest absolute Gasteiger partial charge is 0.315 e. The minimum atomic E-state index is -0.191. The Morgan fingerprint density at radius 3 is 2.52 bits per heavy atom. The van der Waals surface area contributed by atoms with E-state index in [2.05, 4.69) is 29.4 Å². The maximum Gasteiger partial charge on any atom is 0.315 e. The van der Waals surface area contributed by atoms with Crippen molar-refractivity contribution in [1.82, 2.24) is 15.5 Å². The van der Waals surface area contributed by atoms with Crippen LogP contribution in [0.15, 0.2) is 12.1 Å². The van der Waals surface area contributed by atoms with Crippen LogP contribution in [0.3, 0.4) is 0 Å². The molecule has 0 radical (unpaired) electrons. The van der Waals surface area contributed by atoms with Gasteiger partial charge in [-0.1, -0.05) is 6.42 Å². The zero-order chi connectivity index (χ0) is 19.8. The van der Waals surface area contributed by atoms with Crippen molar-refractivity contribution in [2.45, 2.75) is 51.7 Å². The van der Waals surface area contributed by atoms with Gasteiger partial charge in [0.05, 0.1) is 21.3 Å². The number of nitrogens with zero attached hydrogens (tertiary/aromatic N) is 1. The maximum absolute atomic E-state index is 12.2. The molecule has 1 aromatic rings. The summed E-state index contributed by atoms with van der Waals surface area (Å²) >= 11 is 0. The maximum atomic E-state index is 12.2. The molecule has 2 N–H and O–H groups in total. The van der Waals surface area contributed by atoms with Gasteiger partial charge in [0.25, 0.3) is 0 Å². The molecule has 0 aliphatic carbocycles. The Morgan fingerprint density at radius 2 is 1.89 bits per heavy atom. The van der Waals surface area contributed by atoms with E-state index in [9.17, 15) is 4.79 Å². The van der Waals surface area contributed by atoms with Crippen molar-refractivity contribution in [3.63, 3.8) is 0 Å². The molecule has 2 atom stereocenters. The molecule has 7 nitrogen and oxygen atoms in total. The average molecular weight is 380 g/mol. The fourth-order valence-electron chi connectivity index (χ4n) is 3.67. The summed E-state index contributed by atoms with van der Waals surface area (Å²) in [7, 11) is 4.71. The van der Waals surface area contributed by atoms with E-state index in [0.29, 0.717) is 42.4 Å². The SMILES string of the molecule is COc1ccc(CNC(=O)NC[C@H](C)N2CCCC[C@H]2C)c(OC)c1OC. The lowest BCUT2D eigenvalue weighted by atomic mass is 10.0. The second-order valence-electron chi connectivity index (χ2n) is 6.99. The Hall–Kier alpha value is -2.15. The van der Waals surface area contributed by atoms with Gasteiger partial charge in [-0.05, 0) is 45.4 Å². The quantitative estimate of drug-likeness (QED) is 0.727. The Bertz CT molecular complexity index is 623. The Kier molecular flexibility index (Phi) is 8.03. The van der Waals surface area contributed by atoms with E-state index < -0.39 is 0 Å². The Morgan fingerprint density at radius 1 is 1.15 bits per heavy atom. The number of urea groups is 1. The highest BCUT2D eigenvalue weighted by atomic mass is 16.5. The predicted octanol–water partition coefficient (Wildman–Crippen LogP) is 2.77. The average Bonchev–Trinajstić information content (AvgIpc) is 2.69. The van der Waals surface area contributed by atoms with Crippen LogP contribution in [0.2, 0.25) is 0 Å². The van der Waals surface area contributed by atoms with E-state index in [4.69, 9.17) is 14.2 Å². The summed E-state index contributed by atoms with van der Waals surface area (Å²) in [5.41, 5.74) is 0.822. The number of carbonyl (C=O) groups is 1. The highest BCUT2D eigenvalue weighted by Gasteiger charge is 2.23. The van der Waals surface area contributed by atoms with Crippen molar-refractivity contribution in [2.75, 3.05) is 34.4 Å². The third-order valence-electron chi connectivity index (χ3n) is 5.20. The molecule has 2 amide bonds. The van der Waals surface area contributed by atoms with Gasteiger partial charge >= 0.3 is 6.03 Å². The first-order valence-electron chi connectivity index (χ1n) is 9.57. The molecule has 0 unspecified atom stereocenters. The van der Waals surface area contributed by atoms with E-state index >= 15 is 0 Å². The van der Waals surface area contributed by atoms with Gasteiger partial charge in [0.15, 0.2) is 11.5 Å². The molecular formula is C20H33N3O4. The number of rotatable bonds is 8. The minimum absolute atomic E-state index is 0.191. The van der Waals surface area contributed by atoms with Gasteiger partial charge < -0.3 is 24.8 Å². The first-order valence-corrected chi connectivity index (χ1v) is 9.57. The summed E-state index contributed by atoms with van der Waals surface area (Å²) in [5, 5.41) is 5.86. The number of carbonyl (C=O) groups excluding carboxylic acids is 1. The van der Waals surface area contributed by atoms with Crippen molar-refractivity contribution < 1.29 is 19.0 Å². The van der Waals surface area contributed by atoms with Crippen LogP contribution in [0.1, 0.15) is 38.7 Å². The van der Waals surface area contributed by atoms with Crippen molar-refractivity contribution in [1.29, 1.82) is 0 Å². The summed E-state index contributed by atoms with van der Waals surface area (Å²) in [4.78, 5) is 14.7. The fraction of sp³-hybridized carbons (Fsp3) is 0.650. The molecule has 1 heterocycles. The van der Waals surface area contributed by atoms with Gasteiger partial charge in [-0.15, -0.1) is 0 Å². The minimum Gasteiger partial charge on any atom is -0.493 e. The van der Waals surface area contributed by atoms with Gasteiger partial charge in [-0.25, -0.2) is 4.79 Å². The Labute approximate surface area is 162 Å². The lowest BCUT2D eigenvalue weighted by Crippen LogP contribution is -2.49. The second kappa shape index (κ2) is 10.3. The Balaban J connectivity index is 1.88. The molecular weight excluding hydrogens is 346 g/mol. The van der Waals surface area contributed by atoms with Gasteiger partial charge in [0.2, 0.25) is 5.75 Å². The number of nitrogens with one attached hydrogen (secondary N) is 2. The summed E-state index contributed by atoms with van der Waals surface area (Å²) in [6.07, 6.45) is 3.76. The van der Waals surface area contributed by atoms with Gasteiger partial charge in [-0.2, -0.15) is 0 Å². The van der Waals surface area contributed by atoms with Crippen molar-refractivity contribution in [2.24, 2.45) is 0 Å². The lowest BCUT2D eigenvalue weighted by Gasteiger charge is -2.38. The fourth-order valence-corrected chi connectivity index (χ4v) is 3.67. The molecule has 0 aromatic heterocycles. The summed E-state index contributed by atoms with van der Waals surface area (Å²) in [6.45, 7) is 6.50. The molecule has 0 saturated carbocycles. The summed E-state index contributed by atoms with van der Waals surface area (Å²) < 4.78 is 16.1. The van der Waals surface area contributed by atoms with E-state index in [1.54, 1.807) is 27.4 Å². The van der Waals surface area contributed by atoms with E-state index in [1.165, 1.54) is 19.3 Å². The predicted molar refractivity (Wildman–Crippen MR) is 106 cm³/mol. The molecule has 27 heavy (non-hydrogen) atoms. The molecule has 152 valence electrons. The number of benzene rings is 1. The van der Waals surface area contributed by atoms with Gasteiger partial charge in [0.1, 0.15) is 0 Å². The summed E-state index contributed by atoms with van der Waals surface area (Å²) in [5.74, 6) is 1.67. The third kappa shape index (κ3) is 5.42. The van der Waals surface area contributed by atoms with Crippen LogP contribution in [0.25, 0.3) is 0 Å². The van der Waals surface area contributed by atoms with Crippen LogP contribution in [-0.2, 0) is 6.54 Å². The topological polar surface area (TPSA) is 72.1 Å². The normalized spacial score (nSPS) is 18.5. The molecule has 1 fully saturated rings. The standard InChI is InChI=1S/C20H33N3O4/c1-14-8-6-7-11-23(14)15(2)12-21-20(24)22-13-16-9-10-17(25-3)19(27-5)18(16)26-4/h9-10,14-15H,6-8,11-13H2,1-5H3,(H2,21,22,24)/t14-,15+/m1/s1. The van der Waals surface area contributed by atoms with Crippen LogP contribution in [0, 0.1) is 0 Å².